The Kier molecular flexibility index (Phi) is 2.84. The number of carbonyl (C=O) groups excluding carboxylic acids is 1. The van der Waals surface area contributed by atoms with Gasteiger partial charge >= 0.3 is 0 Å². The van der Waals surface area contributed by atoms with E-state index in [9.17, 15) is 4.79 Å². The SMILES string of the molecule is CC(=O)/C=C1\C2=[N+](CCC2)CCc2cc3c(cc21)OCO3. The van der Waals surface area contributed by atoms with Crippen molar-refractivity contribution in [1.29, 1.82) is 0 Å². The van der Waals surface area contributed by atoms with Crippen LogP contribution < -0.4 is 9.47 Å². The number of carbonyl (C=O) groups is 1. The molecule has 0 unspecified atom stereocenters. The van der Waals surface area contributed by atoms with E-state index in [0.29, 0.717) is 0 Å². The molecule has 0 saturated heterocycles. The number of allylic oxidation sites excluding steroid dienone is 2. The molecule has 0 spiro atoms. The Labute approximate surface area is 123 Å². The van der Waals surface area contributed by atoms with E-state index in [0.717, 1.165) is 48.6 Å². The van der Waals surface area contributed by atoms with Crippen molar-refractivity contribution < 1.29 is 18.8 Å². The Morgan fingerprint density at radius 3 is 2.81 bits per heavy atom. The van der Waals surface area contributed by atoms with Gasteiger partial charge < -0.3 is 9.47 Å². The van der Waals surface area contributed by atoms with Crippen LogP contribution in [-0.2, 0) is 11.2 Å². The number of fused-ring (bicyclic) bond motifs is 2. The molecule has 4 rings (SSSR count). The molecule has 1 aromatic carbocycles. The standard InChI is InChI=1S/C17H18NO3/c1-11(19)7-14-13-9-17-16(20-10-21-17)8-12(13)4-6-18-5-2-3-15(14)18/h7-9H,2-6,10H2,1H3/q+1/b14-7-. The molecule has 108 valence electrons. The molecule has 4 nitrogen and oxygen atoms in total. The van der Waals surface area contributed by atoms with Crippen molar-refractivity contribution in [3.63, 3.8) is 0 Å². The van der Waals surface area contributed by atoms with E-state index in [1.54, 1.807) is 13.0 Å². The maximum absolute atomic E-state index is 11.7. The van der Waals surface area contributed by atoms with Gasteiger partial charge in [0.05, 0.1) is 5.57 Å². The lowest BCUT2D eigenvalue weighted by atomic mass is 9.93. The van der Waals surface area contributed by atoms with Gasteiger partial charge in [-0.3, -0.25) is 4.79 Å². The fraction of sp³-hybridized carbons (Fsp3) is 0.412. The topological polar surface area (TPSA) is 38.5 Å². The molecule has 1 aromatic rings. The molecule has 0 aliphatic carbocycles. The molecule has 0 radical (unpaired) electrons. The zero-order valence-electron chi connectivity index (χ0n) is 12.1. The van der Waals surface area contributed by atoms with Crippen LogP contribution in [0.15, 0.2) is 18.2 Å². The molecule has 0 aromatic heterocycles. The summed E-state index contributed by atoms with van der Waals surface area (Å²) in [6.07, 6.45) is 4.97. The van der Waals surface area contributed by atoms with Crippen LogP contribution >= 0.6 is 0 Å². The molecular formula is C17H18NO3+. The van der Waals surface area contributed by atoms with Crippen LogP contribution in [0.5, 0.6) is 11.5 Å². The third-order valence-corrected chi connectivity index (χ3v) is 4.42. The van der Waals surface area contributed by atoms with Gasteiger partial charge in [0.25, 0.3) is 0 Å². The van der Waals surface area contributed by atoms with Gasteiger partial charge in [0.15, 0.2) is 23.0 Å². The molecule has 4 heteroatoms. The average Bonchev–Trinajstić information content (AvgIpc) is 3.07. The van der Waals surface area contributed by atoms with Crippen molar-refractivity contribution in [1.82, 2.24) is 0 Å². The molecule has 0 amide bonds. The van der Waals surface area contributed by atoms with Gasteiger partial charge in [-0.1, -0.05) is 0 Å². The molecule has 0 bridgehead atoms. The first-order chi connectivity index (χ1) is 10.2. The van der Waals surface area contributed by atoms with Gasteiger partial charge in [0, 0.05) is 19.3 Å². The highest BCUT2D eigenvalue weighted by Gasteiger charge is 2.32. The van der Waals surface area contributed by atoms with Gasteiger partial charge in [-0.2, -0.15) is 0 Å². The molecule has 3 aliphatic rings. The number of ether oxygens (including phenoxy) is 2. The highest BCUT2D eigenvalue weighted by Crippen LogP contribution is 2.39. The van der Waals surface area contributed by atoms with E-state index in [4.69, 9.17) is 9.47 Å². The van der Waals surface area contributed by atoms with E-state index >= 15 is 0 Å². The van der Waals surface area contributed by atoms with Gasteiger partial charge in [-0.05, 0) is 36.3 Å². The lowest BCUT2D eigenvalue weighted by Crippen LogP contribution is -2.16. The minimum atomic E-state index is 0.0925. The number of ketones is 1. The van der Waals surface area contributed by atoms with Crippen molar-refractivity contribution in [2.45, 2.75) is 26.2 Å². The molecule has 3 aliphatic heterocycles. The fourth-order valence-corrected chi connectivity index (χ4v) is 3.50. The van der Waals surface area contributed by atoms with Crippen LogP contribution in [-0.4, -0.2) is 36.0 Å². The second-order valence-electron chi connectivity index (χ2n) is 5.82. The van der Waals surface area contributed by atoms with Gasteiger partial charge in [0.1, 0.15) is 13.1 Å². The summed E-state index contributed by atoms with van der Waals surface area (Å²) in [6, 6.07) is 4.12. The minimum Gasteiger partial charge on any atom is -0.454 e. The summed E-state index contributed by atoms with van der Waals surface area (Å²) in [5.74, 6) is 1.70. The number of benzene rings is 1. The molecule has 0 fully saturated rings. The normalized spacial score (nSPS) is 21.3. The van der Waals surface area contributed by atoms with E-state index in [2.05, 4.69) is 10.6 Å². The number of hydrogen-bond donors (Lipinski definition) is 0. The summed E-state index contributed by atoms with van der Waals surface area (Å²) >= 11 is 0. The Hall–Kier alpha value is -2.10. The smallest absolute Gasteiger partial charge is 0.231 e. The Bertz CT molecular complexity index is 700. The molecule has 0 N–H and O–H groups in total. The third-order valence-electron chi connectivity index (χ3n) is 4.42. The van der Waals surface area contributed by atoms with Crippen LogP contribution in [0, 0.1) is 0 Å². The zero-order valence-corrected chi connectivity index (χ0v) is 12.1. The van der Waals surface area contributed by atoms with Crippen LogP contribution in [0.25, 0.3) is 5.57 Å². The fourth-order valence-electron chi connectivity index (χ4n) is 3.50. The van der Waals surface area contributed by atoms with Crippen LogP contribution in [0.1, 0.15) is 30.9 Å². The first-order valence-electron chi connectivity index (χ1n) is 7.48. The summed E-state index contributed by atoms with van der Waals surface area (Å²) in [4.78, 5) is 11.7. The van der Waals surface area contributed by atoms with E-state index in [1.165, 1.54) is 17.7 Å². The third kappa shape index (κ3) is 2.06. The average molecular weight is 284 g/mol. The van der Waals surface area contributed by atoms with Crippen LogP contribution in [0.4, 0.5) is 0 Å². The summed E-state index contributed by atoms with van der Waals surface area (Å²) in [7, 11) is 0. The van der Waals surface area contributed by atoms with E-state index in [1.807, 2.05) is 6.07 Å². The number of hydrogen-bond acceptors (Lipinski definition) is 3. The largest absolute Gasteiger partial charge is 0.454 e. The highest BCUT2D eigenvalue weighted by molar-refractivity contribution is 6.26. The number of rotatable bonds is 1. The number of nitrogens with zero attached hydrogens (tertiary/aromatic N) is 1. The lowest BCUT2D eigenvalue weighted by molar-refractivity contribution is -0.517. The quantitative estimate of drug-likeness (QED) is 0.586. The molecule has 3 heterocycles. The molecular weight excluding hydrogens is 266 g/mol. The van der Waals surface area contributed by atoms with Gasteiger partial charge in [-0.25, -0.2) is 4.58 Å². The maximum atomic E-state index is 11.7. The minimum absolute atomic E-state index is 0.0925. The van der Waals surface area contributed by atoms with Crippen LogP contribution in [0.3, 0.4) is 0 Å². The summed E-state index contributed by atoms with van der Waals surface area (Å²) in [5.41, 5.74) is 4.76. The van der Waals surface area contributed by atoms with Crippen molar-refractivity contribution in [3.8, 4) is 11.5 Å². The maximum Gasteiger partial charge on any atom is 0.231 e. The van der Waals surface area contributed by atoms with Crippen molar-refractivity contribution in [2.24, 2.45) is 0 Å². The van der Waals surface area contributed by atoms with Crippen molar-refractivity contribution in [3.05, 3.63) is 29.3 Å². The van der Waals surface area contributed by atoms with E-state index in [-0.39, 0.29) is 12.6 Å². The van der Waals surface area contributed by atoms with Gasteiger partial charge in [0.2, 0.25) is 6.79 Å². The summed E-state index contributed by atoms with van der Waals surface area (Å²) in [6.45, 7) is 4.00. The predicted octanol–water partition coefficient (Wildman–Crippen LogP) is 2.19. The summed E-state index contributed by atoms with van der Waals surface area (Å²) in [5, 5.41) is 0. The molecule has 0 atom stereocenters. The van der Waals surface area contributed by atoms with Gasteiger partial charge in [-0.15, -0.1) is 0 Å². The first kappa shape index (κ1) is 12.6. The monoisotopic (exact) mass is 284 g/mol. The van der Waals surface area contributed by atoms with Crippen molar-refractivity contribution >= 4 is 17.1 Å². The van der Waals surface area contributed by atoms with Crippen LogP contribution in [0.2, 0.25) is 0 Å². The first-order valence-corrected chi connectivity index (χ1v) is 7.48. The second kappa shape index (κ2) is 4.72. The predicted molar refractivity (Wildman–Crippen MR) is 79.2 cm³/mol. The van der Waals surface area contributed by atoms with Crippen molar-refractivity contribution in [2.75, 3.05) is 19.9 Å². The Balaban J connectivity index is 1.92. The zero-order chi connectivity index (χ0) is 14.4. The Morgan fingerprint density at radius 1 is 1.19 bits per heavy atom. The lowest BCUT2D eigenvalue weighted by Gasteiger charge is -2.09. The Morgan fingerprint density at radius 2 is 2.00 bits per heavy atom. The summed E-state index contributed by atoms with van der Waals surface area (Å²) < 4.78 is 13.4. The highest BCUT2D eigenvalue weighted by atomic mass is 16.7. The van der Waals surface area contributed by atoms with E-state index < -0.39 is 0 Å². The second-order valence-corrected chi connectivity index (χ2v) is 5.82. The molecule has 0 saturated carbocycles. The molecule has 21 heavy (non-hydrogen) atoms.